The summed E-state index contributed by atoms with van der Waals surface area (Å²) in [5.74, 6) is 0. The first-order valence-electron chi connectivity index (χ1n) is 4.77. The summed E-state index contributed by atoms with van der Waals surface area (Å²) in [6, 6.07) is 2.29. The smallest absolute Gasteiger partial charge is 0.398 e. The number of anilines is 1. The second-order valence-electron chi connectivity index (χ2n) is 3.84. The Morgan fingerprint density at radius 3 is 2.18 bits per heavy atom. The number of rotatable bonds is 2. The SMILES string of the molecule is CC(C)S(=O)(=O)c1cc(C(F)(F)F)ccc1N. The Kier molecular flexibility index (Phi) is 3.42. The predicted molar refractivity (Wildman–Crippen MR) is 58.2 cm³/mol. The molecular weight excluding hydrogens is 255 g/mol. The first kappa shape index (κ1) is 13.8. The third kappa shape index (κ3) is 2.71. The second-order valence-corrected chi connectivity index (χ2v) is 6.32. The highest BCUT2D eigenvalue weighted by Crippen LogP contribution is 2.33. The molecule has 0 unspecified atom stereocenters. The third-order valence-electron chi connectivity index (χ3n) is 2.27. The maximum Gasteiger partial charge on any atom is 0.416 e. The molecule has 0 aromatic heterocycles. The Labute approximate surface area is 97.4 Å². The van der Waals surface area contributed by atoms with E-state index < -0.39 is 31.7 Å². The summed E-state index contributed by atoms with van der Waals surface area (Å²) in [6.45, 7) is 2.77. The van der Waals surface area contributed by atoms with E-state index >= 15 is 0 Å². The van der Waals surface area contributed by atoms with Crippen LogP contribution < -0.4 is 5.73 Å². The van der Waals surface area contributed by atoms with E-state index in [1.807, 2.05) is 0 Å². The molecule has 0 aliphatic heterocycles. The average molecular weight is 267 g/mol. The van der Waals surface area contributed by atoms with Gasteiger partial charge in [-0.15, -0.1) is 0 Å². The van der Waals surface area contributed by atoms with E-state index in [9.17, 15) is 21.6 Å². The Bertz CT molecular complexity index is 521. The monoisotopic (exact) mass is 267 g/mol. The lowest BCUT2D eigenvalue weighted by Crippen LogP contribution is -2.17. The zero-order valence-electron chi connectivity index (χ0n) is 9.25. The molecule has 1 aromatic rings. The van der Waals surface area contributed by atoms with Gasteiger partial charge in [0, 0.05) is 0 Å². The van der Waals surface area contributed by atoms with E-state index in [1.54, 1.807) is 0 Å². The van der Waals surface area contributed by atoms with E-state index in [0.29, 0.717) is 6.07 Å². The molecule has 0 fully saturated rings. The number of hydrogen-bond donors (Lipinski definition) is 1. The van der Waals surface area contributed by atoms with Crippen molar-refractivity contribution in [2.24, 2.45) is 0 Å². The van der Waals surface area contributed by atoms with Crippen LogP contribution in [0.5, 0.6) is 0 Å². The van der Waals surface area contributed by atoms with Crippen LogP contribution in [0.4, 0.5) is 18.9 Å². The minimum atomic E-state index is -4.59. The van der Waals surface area contributed by atoms with Gasteiger partial charge in [0.15, 0.2) is 9.84 Å². The zero-order valence-corrected chi connectivity index (χ0v) is 10.1. The van der Waals surface area contributed by atoms with Gasteiger partial charge in [0.05, 0.1) is 21.4 Å². The molecule has 2 N–H and O–H groups in total. The Balaban J connectivity index is 3.46. The number of sulfone groups is 1. The van der Waals surface area contributed by atoms with Crippen molar-refractivity contribution in [1.29, 1.82) is 0 Å². The van der Waals surface area contributed by atoms with Gasteiger partial charge in [-0.05, 0) is 32.0 Å². The molecule has 1 aromatic carbocycles. The van der Waals surface area contributed by atoms with Crippen LogP contribution in [-0.2, 0) is 16.0 Å². The normalized spacial score (nSPS) is 13.1. The van der Waals surface area contributed by atoms with Crippen LogP contribution in [0.3, 0.4) is 0 Å². The molecule has 3 nitrogen and oxygen atoms in total. The quantitative estimate of drug-likeness (QED) is 0.837. The van der Waals surface area contributed by atoms with Gasteiger partial charge < -0.3 is 5.73 Å². The first-order valence-corrected chi connectivity index (χ1v) is 6.32. The molecule has 0 saturated heterocycles. The number of alkyl halides is 3. The summed E-state index contributed by atoms with van der Waals surface area (Å²) in [5, 5.41) is -0.826. The average Bonchev–Trinajstić information content (AvgIpc) is 2.15. The number of benzene rings is 1. The maximum atomic E-state index is 12.5. The van der Waals surface area contributed by atoms with E-state index in [1.165, 1.54) is 13.8 Å². The maximum absolute atomic E-state index is 12.5. The van der Waals surface area contributed by atoms with Gasteiger partial charge in [0.1, 0.15) is 0 Å². The largest absolute Gasteiger partial charge is 0.416 e. The summed E-state index contributed by atoms with van der Waals surface area (Å²) < 4.78 is 60.9. The molecule has 0 amide bonds. The molecule has 0 atom stereocenters. The Hall–Kier alpha value is -1.24. The Morgan fingerprint density at radius 1 is 1.24 bits per heavy atom. The second kappa shape index (κ2) is 4.21. The van der Waals surface area contributed by atoms with Crippen LogP contribution in [0, 0.1) is 0 Å². The Morgan fingerprint density at radius 2 is 1.76 bits per heavy atom. The fraction of sp³-hybridized carbons (Fsp3) is 0.400. The standard InChI is InChI=1S/C10H12F3NO2S/c1-6(2)17(15,16)9-5-7(10(11,12)13)3-4-8(9)14/h3-6H,14H2,1-2H3. The zero-order chi connectivity index (χ0) is 13.4. The van der Waals surface area contributed by atoms with Crippen LogP contribution in [0.1, 0.15) is 19.4 Å². The van der Waals surface area contributed by atoms with Crippen molar-refractivity contribution < 1.29 is 21.6 Å². The third-order valence-corrected chi connectivity index (χ3v) is 4.48. The number of hydrogen-bond acceptors (Lipinski definition) is 3. The molecule has 0 radical (unpaired) electrons. The molecule has 17 heavy (non-hydrogen) atoms. The van der Waals surface area contributed by atoms with Gasteiger partial charge in [-0.25, -0.2) is 8.42 Å². The molecule has 0 spiro atoms. The minimum absolute atomic E-state index is 0.174. The van der Waals surface area contributed by atoms with Crippen LogP contribution in [-0.4, -0.2) is 13.7 Å². The van der Waals surface area contributed by atoms with Crippen LogP contribution >= 0.6 is 0 Å². The van der Waals surface area contributed by atoms with Crippen molar-refractivity contribution in [3.8, 4) is 0 Å². The van der Waals surface area contributed by atoms with E-state index in [2.05, 4.69) is 0 Å². The van der Waals surface area contributed by atoms with E-state index in [-0.39, 0.29) is 5.69 Å². The van der Waals surface area contributed by atoms with E-state index in [4.69, 9.17) is 5.73 Å². The molecule has 7 heteroatoms. The highest BCUT2D eigenvalue weighted by molar-refractivity contribution is 7.92. The van der Waals surface area contributed by atoms with Crippen LogP contribution in [0.15, 0.2) is 23.1 Å². The minimum Gasteiger partial charge on any atom is -0.398 e. The lowest BCUT2D eigenvalue weighted by Gasteiger charge is -2.13. The van der Waals surface area contributed by atoms with Gasteiger partial charge in [0.25, 0.3) is 0 Å². The molecule has 0 bridgehead atoms. The summed E-state index contributed by atoms with van der Waals surface area (Å²) in [7, 11) is -3.82. The molecule has 0 aliphatic carbocycles. The van der Waals surface area contributed by atoms with Crippen molar-refractivity contribution in [3.63, 3.8) is 0 Å². The number of nitrogens with two attached hydrogens (primary N) is 1. The lowest BCUT2D eigenvalue weighted by atomic mass is 10.2. The van der Waals surface area contributed by atoms with Crippen LogP contribution in [0.2, 0.25) is 0 Å². The van der Waals surface area contributed by atoms with Gasteiger partial charge in [0.2, 0.25) is 0 Å². The van der Waals surface area contributed by atoms with Gasteiger partial charge in [-0.2, -0.15) is 13.2 Å². The van der Waals surface area contributed by atoms with Crippen molar-refractivity contribution in [3.05, 3.63) is 23.8 Å². The first-order chi connectivity index (χ1) is 7.56. The summed E-state index contributed by atoms with van der Waals surface area (Å²) >= 11 is 0. The highest BCUT2D eigenvalue weighted by Gasteiger charge is 2.33. The fourth-order valence-electron chi connectivity index (χ4n) is 1.21. The van der Waals surface area contributed by atoms with Gasteiger partial charge in [-0.3, -0.25) is 0 Å². The fourth-order valence-corrected chi connectivity index (χ4v) is 2.41. The van der Waals surface area contributed by atoms with Crippen molar-refractivity contribution in [1.82, 2.24) is 0 Å². The van der Waals surface area contributed by atoms with Crippen molar-refractivity contribution >= 4 is 15.5 Å². The van der Waals surface area contributed by atoms with Crippen LogP contribution in [0.25, 0.3) is 0 Å². The topological polar surface area (TPSA) is 60.2 Å². The highest BCUT2D eigenvalue weighted by atomic mass is 32.2. The molecule has 0 saturated carbocycles. The summed E-state index contributed by atoms with van der Waals surface area (Å²) in [4.78, 5) is -0.470. The van der Waals surface area contributed by atoms with Gasteiger partial charge >= 0.3 is 6.18 Å². The molecule has 0 aliphatic rings. The molecule has 96 valence electrons. The number of halogens is 3. The van der Waals surface area contributed by atoms with Crippen molar-refractivity contribution in [2.45, 2.75) is 30.2 Å². The summed E-state index contributed by atoms with van der Waals surface area (Å²) in [5.41, 5.74) is 4.21. The summed E-state index contributed by atoms with van der Waals surface area (Å²) in [6.07, 6.45) is -4.59. The van der Waals surface area contributed by atoms with Gasteiger partial charge in [-0.1, -0.05) is 0 Å². The van der Waals surface area contributed by atoms with Crippen molar-refractivity contribution in [2.75, 3.05) is 5.73 Å². The lowest BCUT2D eigenvalue weighted by molar-refractivity contribution is -0.137. The molecular formula is C10H12F3NO2S. The molecule has 1 rings (SSSR count). The molecule has 0 heterocycles. The number of nitrogen functional groups attached to an aromatic ring is 1. The van der Waals surface area contributed by atoms with E-state index in [0.717, 1.165) is 12.1 Å². The predicted octanol–water partition coefficient (Wildman–Crippen LogP) is 2.47.